The van der Waals surface area contributed by atoms with Crippen molar-refractivity contribution in [2.75, 3.05) is 0 Å². The summed E-state index contributed by atoms with van der Waals surface area (Å²) >= 11 is 0. The molecule has 0 unspecified atom stereocenters. The smallest absolute Gasteiger partial charge is 0.303 e. The first kappa shape index (κ1) is 19.6. The Balaban J connectivity index is 2.08. The van der Waals surface area contributed by atoms with E-state index in [4.69, 9.17) is 4.74 Å². The molecule has 6 atom stereocenters. The first-order chi connectivity index (χ1) is 11.9. The van der Waals surface area contributed by atoms with Gasteiger partial charge in [0, 0.05) is 18.8 Å². The van der Waals surface area contributed by atoms with E-state index in [9.17, 15) is 14.7 Å². The fraction of sp³-hybridized carbons (Fsp3) is 0.818. The van der Waals surface area contributed by atoms with Crippen LogP contribution in [0.1, 0.15) is 73.1 Å². The van der Waals surface area contributed by atoms with Crippen LogP contribution in [-0.4, -0.2) is 28.6 Å². The molecule has 3 saturated carbocycles. The van der Waals surface area contributed by atoms with Gasteiger partial charge in [0.15, 0.2) is 0 Å². The molecule has 0 radical (unpaired) electrons. The highest BCUT2D eigenvalue weighted by Gasteiger charge is 2.67. The first-order valence-electron chi connectivity index (χ1n) is 9.95. The molecule has 0 saturated heterocycles. The van der Waals surface area contributed by atoms with Crippen molar-refractivity contribution in [1.29, 1.82) is 0 Å². The Hall–Kier alpha value is -1.16. The number of hydrogen-bond acceptors (Lipinski definition) is 4. The second-order valence-electron chi connectivity index (χ2n) is 10.2. The normalized spacial score (nSPS) is 47.5. The van der Waals surface area contributed by atoms with Gasteiger partial charge in [-0.25, -0.2) is 0 Å². The van der Waals surface area contributed by atoms with Crippen molar-refractivity contribution in [3.8, 4) is 0 Å². The Labute approximate surface area is 157 Å². The highest BCUT2D eigenvalue weighted by molar-refractivity contribution is 5.85. The molecular weight excluding hydrogens is 328 g/mol. The largest absolute Gasteiger partial charge is 0.459 e. The molecule has 0 heterocycles. The minimum Gasteiger partial charge on any atom is -0.459 e. The van der Waals surface area contributed by atoms with E-state index in [1.807, 2.05) is 19.9 Å². The van der Waals surface area contributed by atoms with E-state index in [0.717, 1.165) is 19.3 Å². The standard InChI is InChI=1S/C22H34O4/c1-7-20(5)10-8-15-21(6)11-9-17(24)19(3,4)16(21)12-18(26-14(2)23)22(15,25)13-20/h7,15-16,18,25H,1,8-13H2,2-6H3/t15-,16+,18+,20+,21-,22-/m1/s1. The minimum absolute atomic E-state index is 0.0264. The van der Waals surface area contributed by atoms with Crippen LogP contribution in [0.5, 0.6) is 0 Å². The number of carbonyl (C=O) groups excluding carboxylic acids is 2. The molecule has 4 nitrogen and oxygen atoms in total. The van der Waals surface area contributed by atoms with E-state index in [1.54, 1.807) is 0 Å². The molecule has 3 aliphatic rings. The van der Waals surface area contributed by atoms with Crippen LogP contribution >= 0.6 is 0 Å². The summed E-state index contributed by atoms with van der Waals surface area (Å²) in [6.45, 7) is 13.8. The quantitative estimate of drug-likeness (QED) is 0.594. The van der Waals surface area contributed by atoms with E-state index in [1.165, 1.54) is 6.92 Å². The SMILES string of the molecule is C=C[C@@]1(C)CC[C@@H]2[C@@]3(C)CCC(=O)C(C)(C)[C@@H]3C[C@H](OC(C)=O)[C@@]2(O)C1. The topological polar surface area (TPSA) is 63.6 Å². The maximum Gasteiger partial charge on any atom is 0.303 e. The van der Waals surface area contributed by atoms with Crippen molar-refractivity contribution >= 4 is 11.8 Å². The lowest BCUT2D eigenvalue weighted by atomic mass is 9.41. The summed E-state index contributed by atoms with van der Waals surface area (Å²) in [5.41, 5.74) is -1.79. The second kappa shape index (κ2) is 5.92. The minimum atomic E-state index is -1.06. The summed E-state index contributed by atoms with van der Waals surface area (Å²) in [5, 5.41) is 11.9. The van der Waals surface area contributed by atoms with Crippen LogP contribution in [0.3, 0.4) is 0 Å². The van der Waals surface area contributed by atoms with E-state index in [-0.39, 0.29) is 28.6 Å². The van der Waals surface area contributed by atoms with Crippen LogP contribution in [0, 0.1) is 28.1 Å². The monoisotopic (exact) mass is 362 g/mol. The number of rotatable bonds is 2. The molecule has 3 rings (SSSR count). The number of carbonyl (C=O) groups is 2. The highest BCUT2D eigenvalue weighted by atomic mass is 16.6. The van der Waals surface area contributed by atoms with Crippen LogP contribution in [0.2, 0.25) is 0 Å². The number of allylic oxidation sites excluding steroid dienone is 1. The van der Waals surface area contributed by atoms with Gasteiger partial charge in [-0.05, 0) is 54.8 Å². The van der Waals surface area contributed by atoms with Crippen LogP contribution in [-0.2, 0) is 14.3 Å². The number of hydrogen-bond donors (Lipinski definition) is 1. The van der Waals surface area contributed by atoms with Gasteiger partial charge in [0.1, 0.15) is 17.5 Å². The molecule has 0 bridgehead atoms. The van der Waals surface area contributed by atoms with Crippen molar-refractivity contribution in [2.45, 2.75) is 84.8 Å². The average molecular weight is 363 g/mol. The number of ether oxygens (including phenoxy) is 1. The molecule has 0 aliphatic heterocycles. The van der Waals surface area contributed by atoms with E-state index >= 15 is 0 Å². The first-order valence-corrected chi connectivity index (χ1v) is 9.95. The second-order valence-corrected chi connectivity index (χ2v) is 10.2. The summed E-state index contributed by atoms with van der Waals surface area (Å²) in [6, 6.07) is 0. The van der Waals surface area contributed by atoms with Gasteiger partial charge in [0.05, 0.1) is 0 Å². The number of Topliss-reactive ketones (excluding diaryl/α,β-unsaturated/α-hetero) is 1. The molecule has 0 aromatic rings. The number of fused-ring (bicyclic) bond motifs is 3. The van der Waals surface area contributed by atoms with Crippen molar-refractivity contribution in [2.24, 2.45) is 28.1 Å². The molecule has 146 valence electrons. The van der Waals surface area contributed by atoms with Crippen molar-refractivity contribution in [1.82, 2.24) is 0 Å². The lowest BCUT2D eigenvalue weighted by Crippen LogP contribution is -2.68. The Morgan fingerprint density at radius 1 is 1.23 bits per heavy atom. The predicted octanol–water partition coefficient (Wildman–Crippen LogP) is 4.06. The van der Waals surface area contributed by atoms with Gasteiger partial charge in [-0.1, -0.05) is 33.8 Å². The molecule has 1 N–H and O–H groups in total. The molecule has 0 aromatic heterocycles. The third-order valence-electron chi connectivity index (χ3n) is 8.18. The molecule has 0 amide bonds. The Kier molecular flexibility index (Phi) is 4.46. The van der Waals surface area contributed by atoms with Gasteiger partial charge in [0.25, 0.3) is 0 Å². The molecular formula is C22H34O4. The third-order valence-corrected chi connectivity index (χ3v) is 8.18. The maximum absolute atomic E-state index is 12.6. The number of esters is 1. The molecule has 0 spiro atoms. The van der Waals surface area contributed by atoms with Gasteiger partial charge in [-0.2, -0.15) is 0 Å². The third kappa shape index (κ3) is 2.67. The average Bonchev–Trinajstić information content (AvgIpc) is 2.53. The zero-order valence-electron chi connectivity index (χ0n) is 16.9. The number of aliphatic hydroxyl groups is 1. The molecule has 4 heteroatoms. The van der Waals surface area contributed by atoms with Crippen LogP contribution in [0.15, 0.2) is 12.7 Å². The van der Waals surface area contributed by atoms with Crippen molar-refractivity contribution in [3.05, 3.63) is 12.7 Å². The maximum atomic E-state index is 12.6. The molecule has 3 fully saturated rings. The summed E-state index contributed by atoms with van der Waals surface area (Å²) in [7, 11) is 0. The molecule has 26 heavy (non-hydrogen) atoms. The van der Waals surface area contributed by atoms with Gasteiger partial charge < -0.3 is 9.84 Å². The zero-order chi connectivity index (χ0) is 19.5. The fourth-order valence-corrected chi connectivity index (χ4v) is 6.64. The lowest BCUT2D eigenvalue weighted by molar-refractivity contribution is -0.253. The van der Waals surface area contributed by atoms with Gasteiger partial charge in [0.2, 0.25) is 0 Å². The van der Waals surface area contributed by atoms with Gasteiger partial charge in [-0.3, -0.25) is 9.59 Å². The zero-order valence-corrected chi connectivity index (χ0v) is 16.9. The summed E-state index contributed by atoms with van der Waals surface area (Å²) in [4.78, 5) is 24.5. The Morgan fingerprint density at radius 2 is 1.88 bits per heavy atom. The van der Waals surface area contributed by atoms with E-state index in [0.29, 0.717) is 25.0 Å². The predicted molar refractivity (Wildman–Crippen MR) is 100 cm³/mol. The fourth-order valence-electron chi connectivity index (χ4n) is 6.64. The van der Waals surface area contributed by atoms with Crippen LogP contribution in [0.4, 0.5) is 0 Å². The van der Waals surface area contributed by atoms with Crippen molar-refractivity contribution < 1.29 is 19.4 Å². The molecule has 3 aliphatic carbocycles. The number of ketones is 1. The Bertz CT molecular complexity index is 638. The van der Waals surface area contributed by atoms with E-state index < -0.39 is 17.1 Å². The summed E-state index contributed by atoms with van der Waals surface area (Å²) in [6.07, 6.45) is 5.70. The van der Waals surface area contributed by atoms with Gasteiger partial charge >= 0.3 is 5.97 Å². The molecule has 0 aromatic carbocycles. The Morgan fingerprint density at radius 3 is 2.46 bits per heavy atom. The summed E-state index contributed by atoms with van der Waals surface area (Å²) in [5.74, 6) is 0.0628. The summed E-state index contributed by atoms with van der Waals surface area (Å²) < 4.78 is 5.69. The highest BCUT2D eigenvalue weighted by Crippen LogP contribution is 2.66. The lowest BCUT2D eigenvalue weighted by Gasteiger charge is -2.65. The van der Waals surface area contributed by atoms with Crippen LogP contribution in [0.25, 0.3) is 0 Å². The van der Waals surface area contributed by atoms with Gasteiger partial charge in [-0.15, -0.1) is 6.58 Å². The van der Waals surface area contributed by atoms with Crippen LogP contribution < -0.4 is 0 Å². The van der Waals surface area contributed by atoms with E-state index in [2.05, 4.69) is 20.4 Å². The van der Waals surface area contributed by atoms with Crippen molar-refractivity contribution in [3.63, 3.8) is 0 Å².